The summed E-state index contributed by atoms with van der Waals surface area (Å²) >= 11 is 0. The summed E-state index contributed by atoms with van der Waals surface area (Å²) in [5.74, 6) is 0.420. The minimum Gasteiger partial charge on any atom is -0.508 e. The van der Waals surface area contributed by atoms with Crippen LogP contribution in [0.1, 0.15) is 0 Å². The second-order valence-corrected chi connectivity index (χ2v) is 2.77. The molecule has 0 aliphatic carbocycles. The van der Waals surface area contributed by atoms with Crippen molar-refractivity contribution in [3.05, 3.63) is 36.7 Å². The Bertz CT molecular complexity index is 448. The molecule has 0 amide bonds. The summed E-state index contributed by atoms with van der Waals surface area (Å²) in [5.41, 5.74) is 0.503. The Hall–Kier alpha value is -1.81. The third-order valence-corrected chi connectivity index (χ3v) is 1.79. The molecule has 0 saturated carbocycles. The lowest BCUT2D eigenvalue weighted by Gasteiger charge is -2.02. The van der Waals surface area contributed by atoms with Gasteiger partial charge in [-0.3, -0.25) is 0 Å². The number of halogens is 1. The molecular weight excluding hydrogens is 216 g/mol. The molecule has 0 bridgehead atoms. The van der Waals surface area contributed by atoms with Gasteiger partial charge in [0.1, 0.15) is 11.5 Å². The number of phenolic OH excluding ortho intramolecular Hbond substituents is 2. The average molecular weight is 225 g/mol. The summed E-state index contributed by atoms with van der Waals surface area (Å²) in [7, 11) is 0. The maximum atomic E-state index is 9.50. The van der Waals surface area contributed by atoms with Crippen LogP contribution in [0.3, 0.4) is 0 Å². The number of nitrogens with zero attached hydrogens (tertiary/aromatic N) is 2. The highest BCUT2D eigenvalue weighted by Gasteiger charge is 2.06. The number of aromatic hydroxyl groups is 2. The molecule has 1 aromatic heterocycles. The molecule has 0 aliphatic rings. The van der Waals surface area contributed by atoms with E-state index < -0.39 is 0 Å². The van der Waals surface area contributed by atoms with Crippen LogP contribution in [0, 0.1) is 0 Å². The van der Waals surface area contributed by atoms with Gasteiger partial charge in [0.15, 0.2) is 5.82 Å². The van der Waals surface area contributed by atoms with Crippen molar-refractivity contribution < 1.29 is 10.2 Å². The van der Waals surface area contributed by atoms with Crippen LogP contribution >= 0.6 is 12.4 Å². The van der Waals surface area contributed by atoms with Crippen LogP contribution < -0.4 is 0 Å². The Morgan fingerprint density at radius 3 is 2.27 bits per heavy atom. The standard InChI is InChI=1S/C10H8N2O2.ClH/c13-7-2-3-8(9(14)6-7)10-11-4-1-5-12-10;/h1-6,13-14H;1H. The van der Waals surface area contributed by atoms with E-state index in [0.29, 0.717) is 11.4 Å². The highest BCUT2D eigenvalue weighted by molar-refractivity contribution is 5.85. The van der Waals surface area contributed by atoms with Crippen LogP contribution in [0.4, 0.5) is 0 Å². The van der Waals surface area contributed by atoms with Crippen LogP contribution in [-0.4, -0.2) is 20.2 Å². The van der Waals surface area contributed by atoms with Gasteiger partial charge in [-0.05, 0) is 18.2 Å². The monoisotopic (exact) mass is 224 g/mol. The van der Waals surface area contributed by atoms with Crippen LogP contribution in [0.2, 0.25) is 0 Å². The van der Waals surface area contributed by atoms with Gasteiger partial charge in [-0.2, -0.15) is 0 Å². The molecule has 0 aliphatic heterocycles. The topological polar surface area (TPSA) is 66.2 Å². The summed E-state index contributed by atoms with van der Waals surface area (Å²) in [6, 6.07) is 6.00. The third kappa shape index (κ3) is 2.35. The van der Waals surface area contributed by atoms with E-state index >= 15 is 0 Å². The molecule has 2 rings (SSSR count). The second kappa shape index (κ2) is 4.61. The largest absolute Gasteiger partial charge is 0.508 e. The van der Waals surface area contributed by atoms with E-state index in [4.69, 9.17) is 5.11 Å². The molecule has 15 heavy (non-hydrogen) atoms. The maximum absolute atomic E-state index is 9.50. The lowest BCUT2D eigenvalue weighted by Crippen LogP contribution is -1.86. The lowest BCUT2D eigenvalue weighted by molar-refractivity contribution is 0.451. The van der Waals surface area contributed by atoms with Crippen LogP contribution in [-0.2, 0) is 0 Å². The van der Waals surface area contributed by atoms with E-state index in [0.717, 1.165) is 0 Å². The molecule has 0 unspecified atom stereocenters. The summed E-state index contributed by atoms with van der Waals surface area (Å²) < 4.78 is 0. The Morgan fingerprint density at radius 2 is 1.67 bits per heavy atom. The first-order chi connectivity index (χ1) is 6.77. The number of phenols is 2. The highest BCUT2D eigenvalue weighted by atomic mass is 35.5. The van der Waals surface area contributed by atoms with E-state index in [2.05, 4.69) is 9.97 Å². The van der Waals surface area contributed by atoms with Crippen molar-refractivity contribution in [3.8, 4) is 22.9 Å². The SMILES string of the molecule is Cl.Oc1ccc(-c2ncccn2)c(O)c1. The van der Waals surface area contributed by atoms with Gasteiger partial charge in [0.25, 0.3) is 0 Å². The molecule has 5 heteroatoms. The molecule has 0 spiro atoms. The van der Waals surface area contributed by atoms with Crippen molar-refractivity contribution in [2.24, 2.45) is 0 Å². The third-order valence-electron chi connectivity index (χ3n) is 1.79. The number of hydrogen-bond acceptors (Lipinski definition) is 4. The number of hydrogen-bond donors (Lipinski definition) is 2. The van der Waals surface area contributed by atoms with Crippen molar-refractivity contribution in [1.82, 2.24) is 9.97 Å². The normalized spacial score (nSPS) is 9.33. The first-order valence-corrected chi connectivity index (χ1v) is 4.07. The Morgan fingerprint density at radius 1 is 1.00 bits per heavy atom. The van der Waals surface area contributed by atoms with Crippen molar-refractivity contribution in [1.29, 1.82) is 0 Å². The van der Waals surface area contributed by atoms with Crippen molar-refractivity contribution in [2.45, 2.75) is 0 Å². The molecule has 0 atom stereocenters. The van der Waals surface area contributed by atoms with Crippen molar-refractivity contribution >= 4 is 12.4 Å². The first kappa shape index (κ1) is 11.3. The zero-order chi connectivity index (χ0) is 9.97. The molecule has 2 N–H and O–H groups in total. The minimum absolute atomic E-state index is 0. The fourth-order valence-electron chi connectivity index (χ4n) is 1.15. The van der Waals surface area contributed by atoms with E-state index in [9.17, 15) is 5.11 Å². The van der Waals surface area contributed by atoms with Crippen LogP contribution in [0.25, 0.3) is 11.4 Å². The van der Waals surface area contributed by atoms with Gasteiger partial charge in [0.2, 0.25) is 0 Å². The maximum Gasteiger partial charge on any atom is 0.162 e. The zero-order valence-electron chi connectivity index (χ0n) is 7.66. The lowest BCUT2D eigenvalue weighted by atomic mass is 10.2. The van der Waals surface area contributed by atoms with Crippen molar-refractivity contribution in [3.63, 3.8) is 0 Å². The van der Waals surface area contributed by atoms with Gasteiger partial charge in [-0.15, -0.1) is 12.4 Å². The predicted octanol–water partition coefficient (Wildman–Crippen LogP) is 1.98. The van der Waals surface area contributed by atoms with E-state index in [1.165, 1.54) is 12.1 Å². The first-order valence-electron chi connectivity index (χ1n) is 4.07. The van der Waals surface area contributed by atoms with Gasteiger partial charge >= 0.3 is 0 Å². The average Bonchev–Trinajstić information content (AvgIpc) is 2.19. The van der Waals surface area contributed by atoms with Crippen LogP contribution in [0.15, 0.2) is 36.7 Å². The summed E-state index contributed by atoms with van der Waals surface area (Å²) in [4.78, 5) is 7.97. The smallest absolute Gasteiger partial charge is 0.162 e. The predicted molar refractivity (Wildman–Crippen MR) is 58.0 cm³/mol. The second-order valence-electron chi connectivity index (χ2n) is 2.77. The summed E-state index contributed by atoms with van der Waals surface area (Å²) in [5, 5.41) is 18.6. The highest BCUT2D eigenvalue weighted by Crippen LogP contribution is 2.29. The molecular formula is C10H9ClN2O2. The van der Waals surface area contributed by atoms with Crippen LogP contribution in [0.5, 0.6) is 11.5 Å². The quantitative estimate of drug-likeness (QED) is 0.777. The van der Waals surface area contributed by atoms with Gasteiger partial charge in [0.05, 0.1) is 5.56 Å². The van der Waals surface area contributed by atoms with Gasteiger partial charge in [0, 0.05) is 18.5 Å². The Kier molecular flexibility index (Phi) is 3.46. The summed E-state index contributed by atoms with van der Waals surface area (Å²) in [6.45, 7) is 0. The fraction of sp³-hybridized carbons (Fsp3) is 0. The molecule has 0 radical (unpaired) electrons. The van der Waals surface area contributed by atoms with E-state index in [1.807, 2.05) is 0 Å². The summed E-state index contributed by atoms with van der Waals surface area (Å²) in [6.07, 6.45) is 3.18. The zero-order valence-corrected chi connectivity index (χ0v) is 8.48. The minimum atomic E-state index is -0.0313. The Labute approximate surface area is 92.7 Å². The van der Waals surface area contributed by atoms with Crippen molar-refractivity contribution in [2.75, 3.05) is 0 Å². The molecule has 0 fully saturated rings. The number of rotatable bonds is 1. The van der Waals surface area contributed by atoms with E-state index in [-0.39, 0.29) is 23.9 Å². The van der Waals surface area contributed by atoms with Gasteiger partial charge in [-0.25, -0.2) is 9.97 Å². The van der Waals surface area contributed by atoms with Gasteiger partial charge in [-0.1, -0.05) is 0 Å². The Balaban J connectivity index is 0.00000112. The number of benzene rings is 1. The fourth-order valence-corrected chi connectivity index (χ4v) is 1.15. The molecule has 78 valence electrons. The van der Waals surface area contributed by atoms with Gasteiger partial charge < -0.3 is 10.2 Å². The molecule has 4 nitrogen and oxygen atoms in total. The molecule has 1 aromatic carbocycles. The van der Waals surface area contributed by atoms with E-state index in [1.54, 1.807) is 24.5 Å². The molecule has 2 aromatic rings. The molecule has 0 saturated heterocycles. The number of aromatic nitrogens is 2. The molecule has 1 heterocycles.